The van der Waals surface area contributed by atoms with Gasteiger partial charge in [-0.15, -0.1) is 0 Å². The number of hydrogen-bond donors (Lipinski definition) is 1. The van der Waals surface area contributed by atoms with Crippen LogP contribution in [-0.2, 0) is 0 Å². The minimum Gasteiger partial charge on any atom is -0.328 e. The van der Waals surface area contributed by atoms with Gasteiger partial charge in [0.25, 0.3) is 0 Å². The maximum absolute atomic E-state index is 6.28. The number of piperidine rings is 2. The standard InChI is InChI=1S/C17H30N2/c18-14-10-15-5-2-6-16(11-14)19(15)17-8-12-3-1-4-13(7-12)9-17/h12-17H,1-11,18H2/t12-,13+,14-,15+,16-,17+. The molecule has 0 aromatic heterocycles. The Labute approximate surface area is 118 Å². The summed E-state index contributed by atoms with van der Waals surface area (Å²) in [4.78, 5) is 2.98. The van der Waals surface area contributed by atoms with Gasteiger partial charge in [0.2, 0.25) is 0 Å². The Kier molecular flexibility index (Phi) is 3.35. The van der Waals surface area contributed by atoms with Gasteiger partial charge >= 0.3 is 0 Å². The zero-order valence-electron chi connectivity index (χ0n) is 12.3. The van der Waals surface area contributed by atoms with Crippen molar-refractivity contribution in [2.75, 3.05) is 0 Å². The zero-order valence-corrected chi connectivity index (χ0v) is 12.3. The lowest BCUT2D eigenvalue weighted by Gasteiger charge is -2.55. The van der Waals surface area contributed by atoms with Crippen LogP contribution in [-0.4, -0.2) is 29.1 Å². The summed E-state index contributed by atoms with van der Waals surface area (Å²) in [6, 6.07) is 3.10. The van der Waals surface area contributed by atoms with Gasteiger partial charge in [0.1, 0.15) is 0 Å². The fourth-order valence-electron chi connectivity index (χ4n) is 6.00. The predicted octanol–water partition coefficient (Wildman–Crippen LogP) is 3.30. The fourth-order valence-corrected chi connectivity index (χ4v) is 6.00. The molecule has 2 nitrogen and oxygen atoms in total. The van der Waals surface area contributed by atoms with E-state index in [0.717, 1.165) is 30.0 Å². The van der Waals surface area contributed by atoms with Gasteiger partial charge in [0.15, 0.2) is 0 Å². The van der Waals surface area contributed by atoms with Gasteiger partial charge < -0.3 is 5.73 Å². The van der Waals surface area contributed by atoms with Crippen molar-refractivity contribution >= 4 is 0 Å². The second kappa shape index (κ2) is 5.04. The average Bonchev–Trinajstić information content (AvgIpc) is 2.37. The van der Waals surface area contributed by atoms with Gasteiger partial charge in [-0.25, -0.2) is 0 Å². The van der Waals surface area contributed by atoms with Gasteiger partial charge in [0, 0.05) is 24.2 Å². The summed E-state index contributed by atoms with van der Waals surface area (Å²) in [7, 11) is 0. The SMILES string of the molecule is N[C@H]1C[C@H]2CCC[C@@H](C1)N2[C@H]1C[C@@H]2CCC[C@@H](C2)C1. The largest absolute Gasteiger partial charge is 0.328 e. The molecule has 4 rings (SSSR count). The molecule has 6 atom stereocenters. The van der Waals surface area contributed by atoms with Crippen molar-refractivity contribution in [3.63, 3.8) is 0 Å². The van der Waals surface area contributed by atoms with E-state index in [0.29, 0.717) is 6.04 Å². The monoisotopic (exact) mass is 262 g/mol. The Morgan fingerprint density at radius 1 is 0.632 bits per heavy atom. The van der Waals surface area contributed by atoms with Crippen LogP contribution in [0.15, 0.2) is 0 Å². The van der Waals surface area contributed by atoms with Crippen molar-refractivity contribution in [1.29, 1.82) is 0 Å². The molecule has 0 radical (unpaired) electrons. The Morgan fingerprint density at radius 3 is 1.84 bits per heavy atom. The Hall–Kier alpha value is -0.0800. The minimum absolute atomic E-state index is 0.495. The Balaban J connectivity index is 1.51. The topological polar surface area (TPSA) is 29.3 Å². The van der Waals surface area contributed by atoms with Gasteiger partial charge in [-0.1, -0.05) is 25.7 Å². The normalized spacial score (nSPS) is 51.0. The van der Waals surface area contributed by atoms with Crippen LogP contribution < -0.4 is 5.73 Å². The molecule has 2 aliphatic heterocycles. The number of nitrogens with zero attached hydrogens (tertiary/aromatic N) is 1. The first-order valence-corrected chi connectivity index (χ1v) is 8.82. The summed E-state index contributed by atoms with van der Waals surface area (Å²) in [6.45, 7) is 0. The van der Waals surface area contributed by atoms with Gasteiger partial charge in [-0.2, -0.15) is 0 Å². The quantitative estimate of drug-likeness (QED) is 0.785. The molecule has 4 bridgehead atoms. The molecular weight excluding hydrogens is 232 g/mol. The first-order valence-electron chi connectivity index (χ1n) is 8.82. The first kappa shape index (κ1) is 12.6. The lowest BCUT2D eigenvalue weighted by atomic mass is 9.68. The lowest BCUT2D eigenvalue weighted by molar-refractivity contribution is -0.0401. The van der Waals surface area contributed by atoms with E-state index in [1.165, 1.54) is 64.2 Å². The first-order chi connectivity index (χ1) is 9.29. The second-order valence-electron chi connectivity index (χ2n) is 7.94. The van der Waals surface area contributed by atoms with Crippen LogP contribution in [0.1, 0.15) is 70.6 Å². The molecule has 0 unspecified atom stereocenters. The summed E-state index contributed by atoms with van der Waals surface area (Å²) >= 11 is 0. The lowest BCUT2D eigenvalue weighted by Crippen LogP contribution is -2.60. The van der Waals surface area contributed by atoms with Crippen molar-refractivity contribution in [3.05, 3.63) is 0 Å². The zero-order chi connectivity index (χ0) is 12.8. The maximum Gasteiger partial charge on any atom is 0.0116 e. The average molecular weight is 262 g/mol. The van der Waals surface area contributed by atoms with Crippen LogP contribution in [0.4, 0.5) is 0 Å². The molecule has 2 aliphatic carbocycles. The molecule has 108 valence electrons. The number of fused-ring (bicyclic) bond motifs is 4. The van der Waals surface area contributed by atoms with Crippen molar-refractivity contribution in [3.8, 4) is 0 Å². The summed E-state index contributed by atoms with van der Waals surface area (Å²) in [5.41, 5.74) is 6.28. The minimum atomic E-state index is 0.495. The van der Waals surface area contributed by atoms with E-state index >= 15 is 0 Å². The van der Waals surface area contributed by atoms with Crippen molar-refractivity contribution < 1.29 is 0 Å². The van der Waals surface area contributed by atoms with Crippen molar-refractivity contribution in [2.45, 2.75) is 94.8 Å². The van der Waals surface area contributed by atoms with Gasteiger partial charge in [0.05, 0.1) is 0 Å². The van der Waals surface area contributed by atoms with Crippen LogP contribution >= 0.6 is 0 Å². The van der Waals surface area contributed by atoms with Crippen LogP contribution in [0.5, 0.6) is 0 Å². The van der Waals surface area contributed by atoms with E-state index in [2.05, 4.69) is 4.90 Å². The summed E-state index contributed by atoms with van der Waals surface area (Å²) in [5.74, 6) is 2.13. The third kappa shape index (κ3) is 2.35. The van der Waals surface area contributed by atoms with E-state index in [1.807, 2.05) is 0 Å². The van der Waals surface area contributed by atoms with E-state index < -0.39 is 0 Å². The maximum atomic E-state index is 6.28. The molecule has 2 heterocycles. The molecule has 0 aromatic rings. The van der Waals surface area contributed by atoms with Crippen LogP contribution in [0.2, 0.25) is 0 Å². The molecule has 2 saturated heterocycles. The summed E-state index contributed by atoms with van der Waals surface area (Å²) in [5, 5.41) is 0. The van der Waals surface area contributed by atoms with E-state index in [9.17, 15) is 0 Å². The number of rotatable bonds is 1. The van der Waals surface area contributed by atoms with E-state index in [1.54, 1.807) is 6.42 Å². The predicted molar refractivity (Wildman–Crippen MR) is 78.9 cm³/mol. The Morgan fingerprint density at radius 2 is 1.21 bits per heavy atom. The highest BCUT2D eigenvalue weighted by atomic mass is 15.2. The van der Waals surface area contributed by atoms with Gasteiger partial charge in [-0.3, -0.25) is 4.90 Å². The van der Waals surface area contributed by atoms with Gasteiger partial charge in [-0.05, 0) is 56.8 Å². The summed E-state index contributed by atoms with van der Waals surface area (Å²) in [6.07, 6.45) is 16.0. The van der Waals surface area contributed by atoms with E-state index in [4.69, 9.17) is 5.73 Å². The molecule has 2 heteroatoms. The highest BCUT2D eigenvalue weighted by Crippen LogP contribution is 2.45. The van der Waals surface area contributed by atoms with Crippen molar-refractivity contribution in [2.24, 2.45) is 17.6 Å². The van der Waals surface area contributed by atoms with Crippen LogP contribution in [0, 0.1) is 11.8 Å². The third-order valence-electron chi connectivity index (χ3n) is 6.59. The molecule has 2 saturated carbocycles. The van der Waals surface area contributed by atoms with Crippen LogP contribution in [0.25, 0.3) is 0 Å². The molecule has 0 aromatic carbocycles. The molecule has 4 aliphatic rings. The molecule has 2 N–H and O–H groups in total. The number of hydrogen-bond acceptors (Lipinski definition) is 2. The molecule has 0 amide bonds. The molecule has 4 fully saturated rings. The fraction of sp³-hybridized carbons (Fsp3) is 1.00. The Bertz CT molecular complexity index is 303. The molecule has 19 heavy (non-hydrogen) atoms. The smallest absolute Gasteiger partial charge is 0.0116 e. The van der Waals surface area contributed by atoms with Crippen molar-refractivity contribution in [1.82, 2.24) is 4.90 Å². The highest BCUT2D eigenvalue weighted by molar-refractivity contribution is 4.99. The van der Waals surface area contributed by atoms with E-state index in [-0.39, 0.29) is 0 Å². The molecular formula is C17H30N2. The second-order valence-corrected chi connectivity index (χ2v) is 7.94. The number of nitrogens with two attached hydrogens (primary N) is 1. The molecule has 0 spiro atoms. The summed E-state index contributed by atoms with van der Waals surface area (Å²) < 4.78 is 0. The van der Waals surface area contributed by atoms with Crippen LogP contribution in [0.3, 0.4) is 0 Å². The highest BCUT2D eigenvalue weighted by Gasteiger charge is 2.43. The third-order valence-corrected chi connectivity index (χ3v) is 6.59.